The number of hydrogen-bond acceptors (Lipinski definition) is 4. The Balaban J connectivity index is 2.13. The minimum Gasteiger partial charge on any atom is -0.507 e. The zero-order chi connectivity index (χ0) is 13.0. The molecule has 18 heavy (non-hydrogen) atoms. The van der Waals surface area contributed by atoms with Gasteiger partial charge in [0, 0.05) is 13.2 Å². The van der Waals surface area contributed by atoms with Crippen molar-refractivity contribution in [2.75, 3.05) is 19.8 Å². The first-order valence-corrected chi connectivity index (χ1v) is 5.96. The van der Waals surface area contributed by atoms with Crippen LogP contribution in [0.15, 0.2) is 24.3 Å². The number of amides is 1. The molecule has 0 bridgehead atoms. The van der Waals surface area contributed by atoms with Gasteiger partial charge in [0.05, 0.1) is 17.7 Å². The maximum Gasteiger partial charge on any atom is 0.255 e. The van der Waals surface area contributed by atoms with Crippen LogP contribution in [-0.4, -0.2) is 41.5 Å². The summed E-state index contributed by atoms with van der Waals surface area (Å²) in [6, 6.07) is 6.35. The molecule has 5 heteroatoms. The van der Waals surface area contributed by atoms with Crippen molar-refractivity contribution in [3.63, 3.8) is 0 Å². The fourth-order valence-electron chi connectivity index (χ4n) is 2.06. The summed E-state index contributed by atoms with van der Waals surface area (Å²) in [6.07, 6.45) is 1.14. The van der Waals surface area contributed by atoms with E-state index in [4.69, 9.17) is 4.74 Å². The SMILES string of the molecule is O=C(NC1(CO)CCOCC1)c1ccccc1O. The third-order valence-electron chi connectivity index (χ3n) is 3.28. The zero-order valence-corrected chi connectivity index (χ0v) is 10.1. The lowest BCUT2D eigenvalue weighted by Gasteiger charge is -2.36. The molecule has 1 saturated heterocycles. The standard InChI is InChI=1S/C13H17NO4/c15-9-13(5-7-18-8-6-13)14-12(17)10-3-1-2-4-11(10)16/h1-4,15-16H,5-9H2,(H,14,17). The first-order valence-electron chi connectivity index (χ1n) is 5.96. The molecule has 0 aromatic heterocycles. The van der Waals surface area contributed by atoms with Crippen molar-refractivity contribution in [3.05, 3.63) is 29.8 Å². The molecule has 1 aliphatic heterocycles. The average molecular weight is 251 g/mol. The molecule has 1 aliphatic rings. The highest BCUT2D eigenvalue weighted by Crippen LogP contribution is 2.22. The third-order valence-corrected chi connectivity index (χ3v) is 3.28. The number of benzene rings is 1. The van der Waals surface area contributed by atoms with Gasteiger partial charge in [-0.3, -0.25) is 4.79 Å². The number of aliphatic hydroxyl groups is 1. The van der Waals surface area contributed by atoms with E-state index in [2.05, 4.69) is 5.32 Å². The maximum atomic E-state index is 12.1. The van der Waals surface area contributed by atoms with Crippen LogP contribution in [0.2, 0.25) is 0 Å². The van der Waals surface area contributed by atoms with E-state index in [0.29, 0.717) is 26.1 Å². The molecule has 0 saturated carbocycles. The van der Waals surface area contributed by atoms with Gasteiger partial charge in [-0.25, -0.2) is 0 Å². The van der Waals surface area contributed by atoms with Crippen LogP contribution in [0.4, 0.5) is 0 Å². The lowest BCUT2D eigenvalue weighted by molar-refractivity contribution is 0.0125. The van der Waals surface area contributed by atoms with E-state index in [1.165, 1.54) is 6.07 Å². The monoisotopic (exact) mass is 251 g/mol. The normalized spacial score (nSPS) is 18.3. The highest BCUT2D eigenvalue weighted by atomic mass is 16.5. The fourth-order valence-corrected chi connectivity index (χ4v) is 2.06. The van der Waals surface area contributed by atoms with Crippen LogP contribution in [-0.2, 0) is 4.74 Å². The number of carbonyl (C=O) groups is 1. The van der Waals surface area contributed by atoms with Crippen LogP contribution in [0.5, 0.6) is 5.75 Å². The molecule has 2 rings (SSSR count). The zero-order valence-electron chi connectivity index (χ0n) is 10.1. The van der Waals surface area contributed by atoms with Crippen molar-refractivity contribution < 1.29 is 19.7 Å². The van der Waals surface area contributed by atoms with Gasteiger partial charge >= 0.3 is 0 Å². The molecular weight excluding hydrogens is 234 g/mol. The second kappa shape index (κ2) is 5.37. The Kier molecular flexibility index (Phi) is 3.84. The molecule has 98 valence electrons. The summed E-state index contributed by atoms with van der Waals surface area (Å²) < 4.78 is 5.23. The molecule has 5 nitrogen and oxygen atoms in total. The van der Waals surface area contributed by atoms with Crippen molar-refractivity contribution in [3.8, 4) is 5.75 Å². The number of ether oxygens (including phenoxy) is 1. The Morgan fingerprint density at radius 3 is 2.61 bits per heavy atom. The van der Waals surface area contributed by atoms with Crippen LogP contribution in [0.3, 0.4) is 0 Å². The smallest absolute Gasteiger partial charge is 0.255 e. The average Bonchev–Trinajstić information content (AvgIpc) is 2.40. The molecule has 1 heterocycles. The molecule has 1 aromatic rings. The summed E-state index contributed by atoms with van der Waals surface area (Å²) in [7, 11) is 0. The fraction of sp³-hybridized carbons (Fsp3) is 0.462. The molecule has 0 aliphatic carbocycles. The lowest BCUT2D eigenvalue weighted by Crippen LogP contribution is -2.54. The molecule has 0 unspecified atom stereocenters. The van der Waals surface area contributed by atoms with Gasteiger partial charge in [0.2, 0.25) is 0 Å². The van der Waals surface area contributed by atoms with Crippen LogP contribution in [0.1, 0.15) is 23.2 Å². The van der Waals surface area contributed by atoms with Gasteiger partial charge < -0.3 is 20.3 Å². The number of para-hydroxylation sites is 1. The van der Waals surface area contributed by atoms with Crippen molar-refractivity contribution in [1.82, 2.24) is 5.32 Å². The summed E-state index contributed by atoms with van der Waals surface area (Å²) in [5.41, 5.74) is -0.422. The number of phenols is 1. The molecule has 1 fully saturated rings. The maximum absolute atomic E-state index is 12.1. The number of nitrogens with one attached hydrogen (secondary N) is 1. The van der Waals surface area contributed by atoms with E-state index in [1.54, 1.807) is 18.2 Å². The molecule has 1 aromatic carbocycles. The lowest BCUT2D eigenvalue weighted by atomic mass is 9.90. The minimum atomic E-state index is -0.641. The number of carbonyl (C=O) groups excluding carboxylic acids is 1. The number of rotatable bonds is 3. The Labute approximate surface area is 105 Å². The van der Waals surface area contributed by atoms with Gasteiger partial charge in [-0.05, 0) is 25.0 Å². The molecule has 1 amide bonds. The van der Waals surface area contributed by atoms with E-state index in [-0.39, 0.29) is 23.8 Å². The van der Waals surface area contributed by atoms with Crippen LogP contribution in [0.25, 0.3) is 0 Å². The van der Waals surface area contributed by atoms with Crippen molar-refractivity contribution in [2.24, 2.45) is 0 Å². The van der Waals surface area contributed by atoms with Gasteiger partial charge in [-0.15, -0.1) is 0 Å². The van der Waals surface area contributed by atoms with Gasteiger partial charge in [0.25, 0.3) is 5.91 Å². The molecule has 3 N–H and O–H groups in total. The van der Waals surface area contributed by atoms with E-state index < -0.39 is 5.54 Å². The van der Waals surface area contributed by atoms with Crippen LogP contribution >= 0.6 is 0 Å². The summed E-state index contributed by atoms with van der Waals surface area (Å²) in [6.45, 7) is 0.902. The summed E-state index contributed by atoms with van der Waals surface area (Å²) in [5.74, 6) is -0.431. The van der Waals surface area contributed by atoms with Crippen LogP contribution < -0.4 is 5.32 Å². The van der Waals surface area contributed by atoms with Gasteiger partial charge in [-0.1, -0.05) is 12.1 Å². The summed E-state index contributed by atoms with van der Waals surface area (Å²) >= 11 is 0. The quantitative estimate of drug-likeness (QED) is 0.737. The number of aromatic hydroxyl groups is 1. The van der Waals surface area contributed by atoms with Gasteiger partial charge in [0.1, 0.15) is 5.75 Å². The molecule has 0 radical (unpaired) electrons. The topological polar surface area (TPSA) is 78.8 Å². The minimum absolute atomic E-state index is 0.0600. The van der Waals surface area contributed by atoms with E-state index in [1.807, 2.05) is 0 Å². The summed E-state index contributed by atoms with van der Waals surface area (Å²) in [5, 5.41) is 21.9. The second-order valence-corrected chi connectivity index (χ2v) is 4.52. The predicted molar refractivity (Wildman–Crippen MR) is 65.4 cm³/mol. The number of hydrogen-bond donors (Lipinski definition) is 3. The molecule has 0 atom stereocenters. The van der Waals surface area contributed by atoms with Crippen LogP contribution in [0, 0.1) is 0 Å². The first kappa shape index (κ1) is 12.9. The van der Waals surface area contributed by atoms with E-state index >= 15 is 0 Å². The number of phenolic OH excluding ortho intramolecular Hbond substituents is 1. The Morgan fingerprint density at radius 2 is 2.00 bits per heavy atom. The first-order chi connectivity index (χ1) is 8.67. The second-order valence-electron chi connectivity index (χ2n) is 4.52. The highest BCUT2D eigenvalue weighted by molar-refractivity contribution is 5.97. The van der Waals surface area contributed by atoms with Crippen molar-refractivity contribution >= 4 is 5.91 Å². The van der Waals surface area contributed by atoms with Crippen molar-refractivity contribution in [1.29, 1.82) is 0 Å². The molecule has 0 spiro atoms. The highest BCUT2D eigenvalue weighted by Gasteiger charge is 2.34. The van der Waals surface area contributed by atoms with Gasteiger partial charge in [0.15, 0.2) is 0 Å². The Morgan fingerprint density at radius 1 is 1.33 bits per heavy atom. The third kappa shape index (κ3) is 2.63. The molecular formula is C13H17NO4. The Hall–Kier alpha value is -1.59. The van der Waals surface area contributed by atoms with Gasteiger partial charge in [-0.2, -0.15) is 0 Å². The Bertz CT molecular complexity index is 427. The summed E-state index contributed by atoms with van der Waals surface area (Å²) in [4.78, 5) is 12.1. The number of aliphatic hydroxyl groups excluding tert-OH is 1. The largest absolute Gasteiger partial charge is 0.507 e. The van der Waals surface area contributed by atoms with Crippen molar-refractivity contribution in [2.45, 2.75) is 18.4 Å². The van der Waals surface area contributed by atoms with E-state index in [0.717, 1.165) is 0 Å². The van der Waals surface area contributed by atoms with E-state index in [9.17, 15) is 15.0 Å². The predicted octanol–water partition coefficient (Wildman–Crippen LogP) is 0.663.